The van der Waals surface area contributed by atoms with Crippen LogP contribution in [0, 0.1) is 17.2 Å². The molecule has 0 spiro atoms. The number of benzene rings is 1. The third-order valence-corrected chi connectivity index (χ3v) is 3.84. The van der Waals surface area contributed by atoms with E-state index in [2.05, 4.69) is 23.5 Å². The molecule has 0 amide bonds. The number of hydrogen-bond acceptors (Lipinski definition) is 2. The Morgan fingerprint density at radius 3 is 2.50 bits per heavy atom. The number of hydrogen-bond donors (Lipinski definition) is 1. The lowest BCUT2D eigenvalue weighted by Gasteiger charge is -2.21. The minimum absolute atomic E-state index is 0.502. The van der Waals surface area contributed by atoms with Crippen LogP contribution in [-0.4, -0.2) is 6.54 Å². The van der Waals surface area contributed by atoms with Crippen LogP contribution < -0.4 is 5.32 Å². The summed E-state index contributed by atoms with van der Waals surface area (Å²) in [5.74, 6) is 0.934. The van der Waals surface area contributed by atoms with Crippen molar-refractivity contribution in [2.24, 2.45) is 5.92 Å². The van der Waals surface area contributed by atoms with Crippen LogP contribution in [0.2, 0.25) is 0 Å². The van der Waals surface area contributed by atoms with E-state index in [1.165, 1.54) is 44.2 Å². The average Bonchev–Trinajstić information content (AvgIpc) is 2.42. The standard InChI is InChI=1S/C16H22N2/c17-12-10-15-6-8-16(9-7-15)18-13-11-14-4-2-1-3-5-14/h6-9,14,18H,1-5,10-11,13H2. The maximum Gasteiger partial charge on any atom is 0.0669 e. The highest BCUT2D eigenvalue weighted by Crippen LogP contribution is 2.26. The molecule has 2 rings (SSSR count). The molecule has 2 heteroatoms. The van der Waals surface area contributed by atoms with Crippen molar-refractivity contribution >= 4 is 5.69 Å². The van der Waals surface area contributed by atoms with Crippen LogP contribution in [0.5, 0.6) is 0 Å². The van der Waals surface area contributed by atoms with E-state index in [1.807, 2.05) is 12.1 Å². The smallest absolute Gasteiger partial charge is 0.0669 e. The van der Waals surface area contributed by atoms with Crippen molar-refractivity contribution in [2.75, 3.05) is 11.9 Å². The summed E-state index contributed by atoms with van der Waals surface area (Å²) in [7, 11) is 0. The summed E-state index contributed by atoms with van der Waals surface area (Å²) < 4.78 is 0. The SMILES string of the molecule is N#CCc1ccc(NCCC2CCCCC2)cc1. The molecule has 0 radical (unpaired) electrons. The van der Waals surface area contributed by atoms with E-state index in [1.54, 1.807) is 0 Å². The molecule has 0 unspecified atom stereocenters. The van der Waals surface area contributed by atoms with Crippen molar-refractivity contribution < 1.29 is 0 Å². The largest absolute Gasteiger partial charge is 0.385 e. The van der Waals surface area contributed by atoms with Gasteiger partial charge in [-0.1, -0.05) is 44.2 Å². The first-order valence-electron chi connectivity index (χ1n) is 7.08. The predicted molar refractivity (Wildman–Crippen MR) is 75.4 cm³/mol. The van der Waals surface area contributed by atoms with E-state index in [0.29, 0.717) is 6.42 Å². The highest BCUT2D eigenvalue weighted by molar-refractivity contribution is 5.44. The molecule has 1 aliphatic carbocycles. The lowest BCUT2D eigenvalue weighted by Crippen LogP contribution is -2.12. The Kier molecular flexibility index (Phi) is 5.08. The van der Waals surface area contributed by atoms with E-state index < -0.39 is 0 Å². The Bertz CT molecular complexity index is 383. The highest BCUT2D eigenvalue weighted by Gasteiger charge is 2.12. The number of rotatable bonds is 5. The van der Waals surface area contributed by atoms with Gasteiger partial charge in [0.2, 0.25) is 0 Å². The average molecular weight is 242 g/mol. The molecule has 0 aromatic heterocycles. The fourth-order valence-corrected chi connectivity index (χ4v) is 2.73. The highest BCUT2D eigenvalue weighted by atomic mass is 14.9. The summed E-state index contributed by atoms with van der Waals surface area (Å²) in [6, 6.07) is 10.4. The molecule has 1 aliphatic rings. The number of nitrogens with zero attached hydrogens (tertiary/aromatic N) is 1. The Hall–Kier alpha value is -1.49. The summed E-state index contributed by atoms with van der Waals surface area (Å²) in [4.78, 5) is 0. The molecule has 1 N–H and O–H groups in total. The molecule has 1 saturated carbocycles. The van der Waals surface area contributed by atoms with Crippen molar-refractivity contribution in [1.29, 1.82) is 5.26 Å². The van der Waals surface area contributed by atoms with Crippen molar-refractivity contribution in [3.8, 4) is 6.07 Å². The Morgan fingerprint density at radius 1 is 1.11 bits per heavy atom. The molecule has 1 aromatic rings. The Labute approximate surface area is 110 Å². The predicted octanol–water partition coefficient (Wildman–Crippen LogP) is 4.13. The maximum absolute atomic E-state index is 8.61. The molecule has 96 valence electrons. The topological polar surface area (TPSA) is 35.8 Å². The monoisotopic (exact) mass is 242 g/mol. The molecule has 0 heterocycles. The fourth-order valence-electron chi connectivity index (χ4n) is 2.73. The van der Waals surface area contributed by atoms with E-state index >= 15 is 0 Å². The van der Waals surface area contributed by atoms with Gasteiger partial charge in [0, 0.05) is 12.2 Å². The van der Waals surface area contributed by atoms with Gasteiger partial charge in [0.05, 0.1) is 12.5 Å². The molecular formula is C16H22N2. The van der Waals surface area contributed by atoms with Crippen LogP contribution in [0.15, 0.2) is 24.3 Å². The summed E-state index contributed by atoms with van der Waals surface area (Å²) in [5, 5.41) is 12.1. The third-order valence-electron chi connectivity index (χ3n) is 3.84. The van der Waals surface area contributed by atoms with Crippen molar-refractivity contribution in [3.05, 3.63) is 29.8 Å². The van der Waals surface area contributed by atoms with Gasteiger partial charge in [-0.3, -0.25) is 0 Å². The third kappa shape index (κ3) is 4.07. The normalized spacial score (nSPS) is 16.2. The van der Waals surface area contributed by atoms with E-state index in [0.717, 1.165) is 18.0 Å². The van der Waals surface area contributed by atoms with Gasteiger partial charge in [0.1, 0.15) is 0 Å². The first kappa shape index (κ1) is 13.0. The van der Waals surface area contributed by atoms with Crippen LogP contribution >= 0.6 is 0 Å². The lowest BCUT2D eigenvalue weighted by molar-refractivity contribution is 0.345. The van der Waals surface area contributed by atoms with Gasteiger partial charge < -0.3 is 5.32 Å². The zero-order valence-electron chi connectivity index (χ0n) is 11.0. The van der Waals surface area contributed by atoms with E-state index in [-0.39, 0.29) is 0 Å². The quantitative estimate of drug-likeness (QED) is 0.842. The molecule has 2 nitrogen and oxygen atoms in total. The van der Waals surface area contributed by atoms with Crippen molar-refractivity contribution in [2.45, 2.75) is 44.9 Å². The molecule has 18 heavy (non-hydrogen) atoms. The van der Waals surface area contributed by atoms with Crippen LogP contribution in [0.25, 0.3) is 0 Å². The van der Waals surface area contributed by atoms with Gasteiger partial charge in [-0.25, -0.2) is 0 Å². The molecule has 0 bridgehead atoms. The molecule has 1 aromatic carbocycles. The second-order valence-corrected chi connectivity index (χ2v) is 5.25. The summed E-state index contributed by atoms with van der Waals surface area (Å²) >= 11 is 0. The second kappa shape index (κ2) is 7.06. The van der Waals surface area contributed by atoms with Gasteiger partial charge in [-0.2, -0.15) is 5.26 Å². The summed E-state index contributed by atoms with van der Waals surface area (Å²) in [6.07, 6.45) is 8.92. The van der Waals surface area contributed by atoms with Crippen LogP contribution in [0.1, 0.15) is 44.1 Å². The summed E-state index contributed by atoms with van der Waals surface area (Å²) in [5.41, 5.74) is 2.27. The molecule has 0 aliphatic heterocycles. The van der Waals surface area contributed by atoms with Gasteiger partial charge in [-0.05, 0) is 30.0 Å². The van der Waals surface area contributed by atoms with Crippen LogP contribution in [0.3, 0.4) is 0 Å². The van der Waals surface area contributed by atoms with Crippen molar-refractivity contribution in [1.82, 2.24) is 0 Å². The van der Waals surface area contributed by atoms with Gasteiger partial charge in [-0.15, -0.1) is 0 Å². The first-order chi connectivity index (χ1) is 8.88. The first-order valence-corrected chi connectivity index (χ1v) is 7.08. The molecule has 1 fully saturated rings. The van der Waals surface area contributed by atoms with Crippen LogP contribution in [-0.2, 0) is 6.42 Å². The Balaban J connectivity index is 1.71. The van der Waals surface area contributed by atoms with E-state index in [9.17, 15) is 0 Å². The lowest BCUT2D eigenvalue weighted by atomic mass is 9.87. The van der Waals surface area contributed by atoms with Gasteiger partial charge in [0.15, 0.2) is 0 Å². The zero-order valence-corrected chi connectivity index (χ0v) is 11.0. The number of nitrogens with one attached hydrogen (secondary N) is 1. The zero-order chi connectivity index (χ0) is 12.6. The van der Waals surface area contributed by atoms with Gasteiger partial charge in [0.25, 0.3) is 0 Å². The van der Waals surface area contributed by atoms with E-state index in [4.69, 9.17) is 5.26 Å². The molecule has 0 saturated heterocycles. The summed E-state index contributed by atoms with van der Waals surface area (Å²) in [6.45, 7) is 1.07. The number of nitriles is 1. The minimum Gasteiger partial charge on any atom is -0.385 e. The number of anilines is 1. The van der Waals surface area contributed by atoms with Crippen LogP contribution in [0.4, 0.5) is 5.69 Å². The minimum atomic E-state index is 0.502. The van der Waals surface area contributed by atoms with Gasteiger partial charge >= 0.3 is 0 Å². The second-order valence-electron chi connectivity index (χ2n) is 5.25. The van der Waals surface area contributed by atoms with Crippen molar-refractivity contribution in [3.63, 3.8) is 0 Å². The fraction of sp³-hybridized carbons (Fsp3) is 0.562. The Morgan fingerprint density at radius 2 is 1.83 bits per heavy atom. The maximum atomic E-state index is 8.61. The molecule has 0 atom stereocenters. The molecular weight excluding hydrogens is 220 g/mol.